The molecule has 0 aromatic carbocycles. The molecule has 126 valence electrons. The van der Waals surface area contributed by atoms with Crippen molar-refractivity contribution in [3.05, 3.63) is 22.8 Å². The minimum Gasteiger partial charge on any atom is -0.454 e. The largest absolute Gasteiger partial charge is 0.454 e. The molecule has 0 radical (unpaired) electrons. The van der Waals surface area contributed by atoms with Crippen molar-refractivity contribution in [1.29, 1.82) is 0 Å². The molecule has 0 aromatic heterocycles. The number of ketones is 1. The lowest BCUT2D eigenvalue weighted by Crippen LogP contribution is -2.35. The number of ether oxygens (including phenoxy) is 1. The normalized spacial score (nSPS) is 36.7. The summed E-state index contributed by atoms with van der Waals surface area (Å²) in [7, 11) is 0. The van der Waals surface area contributed by atoms with E-state index in [-0.39, 0.29) is 23.4 Å². The molecule has 0 N–H and O–H groups in total. The Labute approximate surface area is 139 Å². The van der Waals surface area contributed by atoms with Crippen molar-refractivity contribution in [2.75, 3.05) is 0 Å². The highest BCUT2D eigenvalue weighted by Crippen LogP contribution is 2.52. The summed E-state index contributed by atoms with van der Waals surface area (Å²) in [4.78, 5) is 24.5. The summed E-state index contributed by atoms with van der Waals surface area (Å²) in [5.74, 6) is 0.944. The Kier molecular flexibility index (Phi) is 4.24. The molecule has 23 heavy (non-hydrogen) atoms. The van der Waals surface area contributed by atoms with Crippen LogP contribution in [-0.2, 0) is 14.3 Å². The quantitative estimate of drug-likeness (QED) is 0.492. The predicted molar refractivity (Wildman–Crippen MR) is 89.8 cm³/mol. The first kappa shape index (κ1) is 16.5. The van der Waals surface area contributed by atoms with E-state index in [1.165, 1.54) is 11.1 Å². The molecule has 0 amide bonds. The molecular formula is C20H28O3. The van der Waals surface area contributed by atoms with Gasteiger partial charge in [0.05, 0.1) is 0 Å². The van der Waals surface area contributed by atoms with Crippen LogP contribution in [0.2, 0.25) is 0 Å². The van der Waals surface area contributed by atoms with E-state index in [1.54, 1.807) is 0 Å². The molecule has 3 heteroatoms. The maximum absolute atomic E-state index is 12.3. The van der Waals surface area contributed by atoms with E-state index >= 15 is 0 Å². The van der Waals surface area contributed by atoms with Crippen LogP contribution < -0.4 is 0 Å². The molecule has 0 spiro atoms. The Morgan fingerprint density at radius 3 is 2.74 bits per heavy atom. The van der Waals surface area contributed by atoms with Crippen molar-refractivity contribution >= 4 is 11.8 Å². The van der Waals surface area contributed by atoms with Crippen LogP contribution in [0.15, 0.2) is 22.8 Å². The Hall–Kier alpha value is -1.38. The zero-order valence-corrected chi connectivity index (χ0v) is 14.8. The molecule has 3 rings (SSSR count). The third-order valence-corrected chi connectivity index (χ3v) is 6.02. The summed E-state index contributed by atoms with van der Waals surface area (Å²) in [6.07, 6.45) is 6.90. The number of carbonyl (C=O) groups excluding carboxylic acids is 2. The monoisotopic (exact) mass is 316 g/mol. The van der Waals surface area contributed by atoms with Gasteiger partial charge in [-0.05, 0) is 55.4 Å². The number of fused-ring (bicyclic) bond motifs is 1. The summed E-state index contributed by atoms with van der Waals surface area (Å²) in [5, 5.41) is 0. The highest BCUT2D eigenvalue weighted by Gasteiger charge is 2.48. The van der Waals surface area contributed by atoms with Crippen molar-refractivity contribution < 1.29 is 14.3 Å². The zero-order chi connectivity index (χ0) is 16.8. The number of hydrogen-bond acceptors (Lipinski definition) is 3. The van der Waals surface area contributed by atoms with Crippen molar-refractivity contribution in [2.24, 2.45) is 17.3 Å². The second-order valence-electron chi connectivity index (χ2n) is 8.29. The van der Waals surface area contributed by atoms with E-state index in [4.69, 9.17) is 4.74 Å². The van der Waals surface area contributed by atoms with Gasteiger partial charge in [-0.25, -0.2) is 4.79 Å². The SMILES string of the molecule is C/C1=C/C[C@@H]2CCC3=C(C(CC(C)CC(=O)C1)OC3=O)C2(C)C. The molecule has 0 saturated carbocycles. The second-order valence-corrected chi connectivity index (χ2v) is 8.29. The van der Waals surface area contributed by atoms with Crippen molar-refractivity contribution in [2.45, 2.75) is 72.3 Å². The van der Waals surface area contributed by atoms with E-state index in [0.29, 0.717) is 24.5 Å². The maximum Gasteiger partial charge on any atom is 0.334 e. The Bertz CT molecular complexity index is 594. The molecule has 0 aromatic rings. The van der Waals surface area contributed by atoms with Gasteiger partial charge >= 0.3 is 5.97 Å². The fourth-order valence-electron chi connectivity index (χ4n) is 4.72. The lowest BCUT2D eigenvalue weighted by atomic mass is 9.62. The van der Waals surface area contributed by atoms with E-state index in [9.17, 15) is 9.59 Å². The number of carbonyl (C=O) groups is 2. The van der Waals surface area contributed by atoms with E-state index in [0.717, 1.165) is 31.3 Å². The van der Waals surface area contributed by atoms with E-state index < -0.39 is 0 Å². The van der Waals surface area contributed by atoms with Crippen LogP contribution in [0.3, 0.4) is 0 Å². The van der Waals surface area contributed by atoms with Gasteiger partial charge in [0, 0.05) is 18.4 Å². The Morgan fingerprint density at radius 1 is 1.26 bits per heavy atom. The molecule has 1 aliphatic heterocycles. The smallest absolute Gasteiger partial charge is 0.334 e. The highest BCUT2D eigenvalue weighted by molar-refractivity contribution is 5.93. The van der Waals surface area contributed by atoms with E-state index in [2.05, 4.69) is 33.8 Å². The van der Waals surface area contributed by atoms with Crippen molar-refractivity contribution in [3.63, 3.8) is 0 Å². The maximum atomic E-state index is 12.3. The molecule has 3 atom stereocenters. The highest BCUT2D eigenvalue weighted by atomic mass is 16.5. The fraction of sp³-hybridized carbons (Fsp3) is 0.700. The van der Waals surface area contributed by atoms with E-state index in [1.807, 2.05) is 0 Å². The van der Waals surface area contributed by atoms with Gasteiger partial charge in [0.15, 0.2) is 0 Å². The van der Waals surface area contributed by atoms with Gasteiger partial charge in [-0.3, -0.25) is 4.79 Å². The topological polar surface area (TPSA) is 43.4 Å². The number of hydrogen-bond donors (Lipinski definition) is 0. The third-order valence-electron chi connectivity index (χ3n) is 6.02. The van der Waals surface area contributed by atoms with Gasteiger partial charge in [0.2, 0.25) is 0 Å². The van der Waals surface area contributed by atoms with Crippen molar-refractivity contribution in [3.8, 4) is 0 Å². The Balaban J connectivity index is 2.00. The molecule has 3 aliphatic rings. The lowest BCUT2D eigenvalue weighted by Gasteiger charge is -2.41. The number of esters is 1. The van der Waals surface area contributed by atoms with Crippen LogP contribution in [0, 0.1) is 17.3 Å². The van der Waals surface area contributed by atoms with Gasteiger partial charge in [0.25, 0.3) is 0 Å². The molecule has 0 fully saturated rings. The summed E-state index contributed by atoms with van der Waals surface area (Å²) in [6, 6.07) is 0. The number of allylic oxidation sites excluding steroid dienone is 2. The average Bonchev–Trinajstić information content (AvgIpc) is 2.73. The standard InChI is InChI=1S/C20H28O3/c1-12-5-6-14-7-8-16-18(20(14,3)4)17(23-19(16)22)11-13(2)10-15(21)9-12/h5,13-14,17H,6-11H2,1-4H3/b12-5-/t13?,14-,17?/m1/s1. The van der Waals surface area contributed by atoms with Gasteiger partial charge in [-0.1, -0.05) is 32.4 Å². The minimum absolute atomic E-state index is 0.00981. The number of rotatable bonds is 0. The molecule has 2 aliphatic carbocycles. The van der Waals surface area contributed by atoms with Gasteiger partial charge in [-0.15, -0.1) is 0 Å². The summed E-state index contributed by atoms with van der Waals surface area (Å²) in [6.45, 7) is 8.71. The first-order chi connectivity index (χ1) is 10.8. The minimum atomic E-state index is -0.123. The molecule has 2 unspecified atom stereocenters. The second kappa shape index (κ2) is 5.92. The van der Waals surface area contributed by atoms with Gasteiger partial charge < -0.3 is 4.74 Å². The number of Topliss-reactive ketones (excluding diaryl/α,β-unsaturated/α-hetero) is 1. The molecule has 0 saturated heterocycles. The molecule has 3 nitrogen and oxygen atoms in total. The fourth-order valence-corrected chi connectivity index (χ4v) is 4.72. The van der Waals surface area contributed by atoms with Gasteiger partial charge in [0.1, 0.15) is 11.9 Å². The molecule has 1 heterocycles. The summed E-state index contributed by atoms with van der Waals surface area (Å²) >= 11 is 0. The van der Waals surface area contributed by atoms with Crippen LogP contribution in [-0.4, -0.2) is 17.9 Å². The summed E-state index contributed by atoms with van der Waals surface area (Å²) in [5.41, 5.74) is 3.33. The summed E-state index contributed by atoms with van der Waals surface area (Å²) < 4.78 is 5.72. The van der Waals surface area contributed by atoms with Gasteiger partial charge in [-0.2, -0.15) is 0 Å². The van der Waals surface area contributed by atoms with Crippen LogP contribution in [0.1, 0.15) is 66.2 Å². The molecular weight excluding hydrogens is 288 g/mol. The third kappa shape index (κ3) is 3.02. The Morgan fingerprint density at radius 2 is 2.00 bits per heavy atom. The van der Waals surface area contributed by atoms with Crippen LogP contribution in [0.25, 0.3) is 0 Å². The first-order valence-electron chi connectivity index (χ1n) is 8.91. The average molecular weight is 316 g/mol. The lowest BCUT2D eigenvalue weighted by molar-refractivity contribution is -0.140. The van der Waals surface area contributed by atoms with Crippen LogP contribution in [0.4, 0.5) is 0 Å². The van der Waals surface area contributed by atoms with Crippen LogP contribution >= 0.6 is 0 Å². The molecule has 2 bridgehead atoms. The van der Waals surface area contributed by atoms with Crippen LogP contribution in [0.5, 0.6) is 0 Å². The first-order valence-corrected chi connectivity index (χ1v) is 8.91. The zero-order valence-electron chi connectivity index (χ0n) is 14.8. The predicted octanol–water partition coefficient (Wildman–Crippen LogP) is 4.37. The van der Waals surface area contributed by atoms with Crippen molar-refractivity contribution in [1.82, 2.24) is 0 Å².